The van der Waals surface area contributed by atoms with E-state index in [1.165, 1.54) is 5.56 Å². The number of hydrogen-bond donors (Lipinski definition) is 0. The topological polar surface area (TPSA) is 25.2 Å². The molecule has 0 radical (unpaired) electrons. The predicted molar refractivity (Wildman–Crippen MR) is 67.3 cm³/mol. The van der Waals surface area contributed by atoms with Gasteiger partial charge in [0.25, 0.3) is 0 Å². The van der Waals surface area contributed by atoms with Crippen LogP contribution in [0.15, 0.2) is 53.7 Å². The van der Waals surface area contributed by atoms with Gasteiger partial charge < -0.3 is 0 Å². The Balaban J connectivity index is 2.03. The molecule has 0 aliphatic rings. The molecule has 0 aliphatic heterocycles. The van der Waals surface area contributed by atoms with Crippen LogP contribution in [0.3, 0.4) is 0 Å². The van der Waals surface area contributed by atoms with E-state index in [4.69, 9.17) is 0 Å². The van der Waals surface area contributed by atoms with Crippen LogP contribution in [-0.2, 0) is 6.42 Å². The molecule has 1 aromatic heterocycles. The van der Waals surface area contributed by atoms with Gasteiger partial charge in [-0.15, -0.1) is 0 Å². The average Bonchev–Trinajstić information content (AvgIpc) is 2.33. The van der Waals surface area contributed by atoms with Crippen LogP contribution in [-0.4, -0.2) is 11.2 Å². The van der Waals surface area contributed by atoms with E-state index < -0.39 is 0 Å². The zero-order valence-corrected chi connectivity index (χ0v) is 9.30. The SMILES string of the molecule is Cc1ccccc1N=CCc1ccccn1. The lowest BCUT2D eigenvalue weighted by molar-refractivity contribution is 1.15. The van der Waals surface area contributed by atoms with Crippen LogP contribution in [0.25, 0.3) is 0 Å². The molecule has 2 heteroatoms. The Morgan fingerprint density at radius 1 is 1.12 bits per heavy atom. The summed E-state index contributed by atoms with van der Waals surface area (Å²) in [4.78, 5) is 8.68. The van der Waals surface area contributed by atoms with Crippen LogP contribution in [0.5, 0.6) is 0 Å². The molecule has 80 valence electrons. The quantitative estimate of drug-likeness (QED) is 0.713. The zero-order valence-electron chi connectivity index (χ0n) is 9.30. The Hall–Kier alpha value is -1.96. The van der Waals surface area contributed by atoms with Gasteiger partial charge in [0.2, 0.25) is 0 Å². The van der Waals surface area contributed by atoms with Crippen LogP contribution in [0.4, 0.5) is 5.69 Å². The molecule has 0 saturated carbocycles. The molecule has 2 nitrogen and oxygen atoms in total. The van der Waals surface area contributed by atoms with E-state index >= 15 is 0 Å². The Kier molecular flexibility index (Phi) is 3.44. The van der Waals surface area contributed by atoms with Gasteiger partial charge in [0.15, 0.2) is 0 Å². The molecule has 0 atom stereocenters. The molecule has 0 aliphatic carbocycles. The predicted octanol–water partition coefficient (Wildman–Crippen LogP) is 3.34. The Bertz CT molecular complexity index is 475. The second-order valence-corrected chi connectivity index (χ2v) is 3.62. The molecule has 0 unspecified atom stereocenters. The van der Waals surface area contributed by atoms with E-state index in [9.17, 15) is 0 Å². The third-order valence-corrected chi connectivity index (χ3v) is 2.37. The van der Waals surface area contributed by atoms with Gasteiger partial charge in [-0.2, -0.15) is 0 Å². The molecule has 0 saturated heterocycles. The number of rotatable bonds is 3. The molecule has 0 amide bonds. The van der Waals surface area contributed by atoms with Crippen molar-refractivity contribution in [3.05, 3.63) is 59.9 Å². The van der Waals surface area contributed by atoms with Gasteiger partial charge in [0.05, 0.1) is 5.69 Å². The van der Waals surface area contributed by atoms with Gasteiger partial charge in [0.1, 0.15) is 0 Å². The standard InChI is InChI=1S/C14H14N2/c1-12-6-2-3-8-14(12)16-11-9-13-7-4-5-10-15-13/h2-8,10-11H,9H2,1H3. The van der Waals surface area contributed by atoms with Gasteiger partial charge >= 0.3 is 0 Å². The summed E-state index contributed by atoms with van der Waals surface area (Å²) < 4.78 is 0. The zero-order chi connectivity index (χ0) is 11.2. The number of aliphatic imine (C=N–C) groups is 1. The Morgan fingerprint density at radius 2 is 1.94 bits per heavy atom. The first-order chi connectivity index (χ1) is 7.86. The minimum absolute atomic E-state index is 0.773. The van der Waals surface area contributed by atoms with Crippen molar-refractivity contribution < 1.29 is 0 Å². The van der Waals surface area contributed by atoms with E-state index in [1.807, 2.05) is 42.6 Å². The van der Waals surface area contributed by atoms with Gasteiger partial charge in [-0.1, -0.05) is 24.3 Å². The van der Waals surface area contributed by atoms with Crippen molar-refractivity contribution >= 4 is 11.9 Å². The molecule has 0 fully saturated rings. The smallest absolute Gasteiger partial charge is 0.0654 e. The minimum Gasteiger partial charge on any atom is -0.261 e. The van der Waals surface area contributed by atoms with E-state index in [2.05, 4.69) is 23.0 Å². The third-order valence-electron chi connectivity index (χ3n) is 2.37. The van der Waals surface area contributed by atoms with Gasteiger partial charge in [-0.05, 0) is 30.7 Å². The molecule has 0 spiro atoms. The van der Waals surface area contributed by atoms with Gasteiger partial charge in [-0.25, -0.2) is 0 Å². The fourth-order valence-corrected chi connectivity index (χ4v) is 1.46. The summed E-state index contributed by atoms with van der Waals surface area (Å²) in [6, 6.07) is 14.0. The molecular formula is C14H14N2. The van der Waals surface area contributed by atoms with Crippen molar-refractivity contribution in [2.45, 2.75) is 13.3 Å². The summed E-state index contributed by atoms with van der Waals surface area (Å²) in [7, 11) is 0. The summed E-state index contributed by atoms with van der Waals surface area (Å²) in [6.07, 6.45) is 4.48. The van der Waals surface area contributed by atoms with Crippen LogP contribution < -0.4 is 0 Å². The molecular weight excluding hydrogens is 196 g/mol. The molecule has 1 heterocycles. The molecule has 0 N–H and O–H groups in total. The fourth-order valence-electron chi connectivity index (χ4n) is 1.46. The third kappa shape index (κ3) is 2.76. The number of pyridine rings is 1. The van der Waals surface area contributed by atoms with Crippen LogP contribution in [0.1, 0.15) is 11.3 Å². The van der Waals surface area contributed by atoms with Crippen molar-refractivity contribution in [2.24, 2.45) is 4.99 Å². The number of para-hydroxylation sites is 1. The number of benzene rings is 1. The monoisotopic (exact) mass is 210 g/mol. The molecule has 2 aromatic rings. The normalized spacial score (nSPS) is 10.8. The maximum absolute atomic E-state index is 4.44. The first-order valence-electron chi connectivity index (χ1n) is 5.34. The van der Waals surface area contributed by atoms with Crippen LogP contribution in [0, 0.1) is 6.92 Å². The van der Waals surface area contributed by atoms with E-state index in [1.54, 1.807) is 6.20 Å². The summed E-state index contributed by atoms with van der Waals surface area (Å²) >= 11 is 0. The maximum atomic E-state index is 4.44. The van der Waals surface area contributed by atoms with Crippen LogP contribution in [0.2, 0.25) is 0 Å². The van der Waals surface area contributed by atoms with Gasteiger partial charge in [-0.3, -0.25) is 9.98 Å². The summed E-state index contributed by atoms with van der Waals surface area (Å²) in [5.74, 6) is 0. The van der Waals surface area contributed by atoms with Crippen molar-refractivity contribution in [1.29, 1.82) is 0 Å². The van der Waals surface area contributed by atoms with E-state index in [0.717, 1.165) is 17.8 Å². The highest BCUT2D eigenvalue weighted by Gasteiger charge is 1.92. The number of nitrogens with zero attached hydrogens (tertiary/aromatic N) is 2. The second-order valence-electron chi connectivity index (χ2n) is 3.62. The largest absolute Gasteiger partial charge is 0.261 e. The average molecular weight is 210 g/mol. The first kappa shape index (κ1) is 10.6. The Morgan fingerprint density at radius 3 is 2.69 bits per heavy atom. The van der Waals surface area contributed by atoms with Crippen molar-refractivity contribution in [2.75, 3.05) is 0 Å². The van der Waals surface area contributed by atoms with Crippen LogP contribution >= 0.6 is 0 Å². The molecule has 2 rings (SSSR count). The van der Waals surface area contributed by atoms with E-state index in [-0.39, 0.29) is 0 Å². The highest BCUT2D eigenvalue weighted by molar-refractivity contribution is 5.66. The first-order valence-corrected chi connectivity index (χ1v) is 5.34. The summed E-state index contributed by atoms with van der Waals surface area (Å²) in [5, 5.41) is 0. The minimum atomic E-state index is 0.773. The van der Waals surface area contributed by atoms with Crippen molar-refractivity contribution in [3.8, 4) is 0 Å². The molecule has 0 bridgehead atoms. The highest BCUT2D eigenvalue weighted by Crippen LogP contribution is 2.16. The maximum Gasteiger partial charge on any atom is 0.0654 e. The molecule has 16 heavy (non-hydrogen) atoms. The lowest BCUT2D eigenvalue weighted by atomic mass is 10.2. The van der Waals surface area contributed by atoms with Crippen molar-refractivity contribution in [1.82, 2.24) is 4.98 Å². The number of aromatic nitrogens is 1. The molecule has 1 aromatic carbocycles. The number of hydrogen-bond acceptors (Lipinski definition) is 2. The highest BCUT2D eigenvalue weighted by atomic mass is 14.7. The van der Waals surface area contributed by atoms with Gasteiger partial charge in [0, 0.05) is 24.5 Å². The summed E-state index contributed by atoms with van der Waals surface area (Å²) in [5.41, 5.74) is 3.26. The fraction of sp³-hybridized carbons (Fsp3) is 0.143. The lowest BCUT2D eigenvalue weighted by Crippen LogP contribution is -1.89. The van der Waals surface area contributed by atoms with E-state index in [0.29, 0.717) is 0 Å². The lowest BCUT2D eigenvalue weighted by Gasteiger charge is -1.98. The van der Waals surface area contributed by atoms with Crippen molar-refractivity contribution in [3.63, 3.8) is 0 Å². The Labute approximate surface area is 95.7 Å². The summed E-state index contributed by atoms with van der Waals surface area (Å²) in [6.45, 7) is 2.06. The second kappa shape index (κ2) is 5.21. The number of aryl methyl sites for hydroxylation is 1.